The van der Waals surface area contributed by atoms with Crippen LogP contribution < -0.4 is 11.1 Å². The number of rotatable bonds is 4. The van der Waals surface area contributed by atoms with Gasteiger partial charge in [0.15, 0.2) is 9.84 Å². The van der Waals surface area contributed by atoms with Crippen molar-refractivity contribution < 1.29 is 8.42 Å². The molecule has 0 amide bonds. The Labute approximate surface area is 133 Å². The second-order valence-electron chi connectivity index (χ2n) is 4.48. The Kier molecular flexibility index (Phi) is 4.51. The molecule has 0 fully saturated rings. The van der Waals surface area contributed by atoms with E-state index in [0.717, 1.165) is 11.4 Å². The van der Waals surface area contributed by atoms with Crippen molar-refractivity contribution in [2.45, 2.75) is 4.90 Å². The third-order valence-electron chi connectivity index (χ3n) is 2.81. The highest BCUT2D eigenvalue weighted by atomic mass is 35.5. The van der Waals surface area contributed by atoms with Crippen LogP contribution in [0.15, 0.2) is 47.4 Å². The third kappa shape index (κ3) is 3.93. The molecule has 4 nitrogen and oxygen atoms in total. The minimum absolute atomic E-state index is 0.240. The first-order valence-corrected chi connectivity index (χ1v) is 8.61. The van der Waals surface area contributed by atoms with Crippen molar-refractivity contribution in [1.82, 2.24) is 0 Å². The number of anilines is 2. The molecule has 7 heteroatoms. The Morgan fingerprint density at radius 3 is 2.19 bits per heavy atom. The largest absolute Gasteiger partial charge is 0.389 e. The second-order valence-corrected chi connectivity index (χ2v) is 7.34. The monoisotopic (exact) mass is 340 g/mol. The van der Waals surface area contributed by atoms with Crippen LogP contribution in [-0.2, 0) is 9.84 Å². The summed E-state index contributed by atoms with van der Waals surface area (Å²) >= 11 is 11.0. The zero-order valence-electron chi connectivity index (χ0n) is 11.1. The van der Waals surface area contributed by atoms with Crippen LogP contribution >= 0.6 is 23.8 Å². The normalized spacial score (nSPS) is 11.1. The smallest absolute Gasteiger partial charge is 0.175 e. The van der Waals surface area contributed by atoms with Crippen molar-refractivity contribution in [3.05, 3.63) is 53.1 Å². The van der Waals surface area contributed by atoms with E-state index in [1.165, 1.54) is 6.26 Å². The number of benzene rings is 2. The summed E-state index contributed by atoms with van der Waals surface area (Å²) in [6, 6.07) is 11.7. The lowest BCUT2D eigenvalue weighted by molar-refractivity contribution is 0.602. The number of sulfone groups is 1. The summed E-state index contributed by atoms with van der Waals surface area (Å²) in [7, 11) is -3.19. The van der Waals surface area contributed by atoms with Gasteiger partial charge in [0.05, 0.1) is 9.92 Å². The summed E-state index contributed by atoms with van der Waals surface area (Å²) in [5, 5.41) is 3.58. The zero-order chi connectivity index (χ0) is 15.6. The average Bonchev–Trinajstić information content (AvgIpc) is 2.38. The summed E-state index contributed by atoms with van der Waals surface area (Å²) < 4.78 is 22.8. The fraction of sp³-hybridized carbons (Fsp3) is 0.0714. The Hall–Kier alpha value is -1.63. The lowest BCUT2D eigenvalue weighted by Crippen LogP contribution is -2.09. The lowest BCUT2D eigenvalue weighted by Gasteiger charge is -2.09. The molecule has 3 N–H and O–H groups in total. The van der Waals surface area contributed by atoms with Gasteiger partial charge >= 0.3 is 0 Å². The number of thiocarbonyl (C=S) groups is 1. The first kappa shape index (κ1) is 15.8. The summed E-state index contributed by atoms with van der Waals surface area (Å²) in [6.07, 6.45) is 1.17. The van der Waals surface area contributed by atoms with Crippen LogP contribution in [0.3, 0.4) is 0 Å². The van der Waals surface area contributed by atoms with Crippen LogP contribution in [0.1, 0.15) is 5.56 Å². The van der Waals surface area contributed by atoms with E-state index in [4.69, 9.17) is 29.6 Å². The molecule has 0 aliphatic heterocycles. The topological polar surface area (TPSA) is 72.2 Å². The van der Waals surface area contributed by atoms with E-state index in [9.17, 15) is 8.42 Å². The van der Waals surface area contributed by atoms with Crippen LogP contribution in [0.4, 0.5) is 11.4 Å². The average molecular weight is 341 g/mol. The van der Waals surface area contributed by atoms with Gasteiger partial charge in [-0.05, 0) is 42.5 Å². The van der Waals surface area contributed by atoms with Crippen molar-refractivity contribution in [2.24, 2.45) is 5.73 Å². The van der Waals surface area contributed by atoms with Crippen LogP contribution in [0.5, 0.6) is 0 Å². The molecule has 0 radical (unpaired) electrons. The molecule has 110 valence electrons. The van der Waals surface area contributed by atoms with Gasteiger partial charge in [-0.25, -0.2) is 8.42 Å². The van der Waals surface area contributed by atoms with Crippen LogP contribution in [0.2, 0.25) is 5.02 Å². The molecule has 0 atom stereocenters. The first-order valence-electron chi connectivity index (χ1n) is 5.94. The molecule has 0 aliphatic carbocycles. The SMILES string of the molecule is CS(=O)(=O)c1ccc(Nc2ccc(C(N)=S)c(Cl)c2)cc1. The maximum Gasteiger partial charge on any atom is 0.175 e. The minimum atomic E-state index is -3.19. The third-order valence-corrected chi connectivity index (χ3v) is 4.47. The second kappa shape index (κ2) is 6.01. The van der Waals surface area contributed by atoms with Gasteiger partial charge in [-0.15, -0.1) is 0 Å². The molecule has 0 saturated carbocycles. The van der Waals surface area contributed by atoms with Crippen molar-refractivity contribution in [2.75, 3.05) is 11.6 Å². The molecule has 0 aliphatic rings. The molecular weight excluding hydrogens is 328 g/mol. The van der Waals surface area contributed by atoms with Crippen molar-refractivity contribution in [3.63, 3.8) is 0 Å². The number of halogens is 1. The van der Waals surface area contributed by atoms with E-state index < -0.39 is 9.84 Å². The lowest BCUT2D eigenvalue weighted by atomic mass is 10.2. The van der Waals surface area contributed by atoms with Gasteiger partial charge in [0.25, 0.3) is 0 Å². The molecule has 0 aromatic heterocycles. The van der Waals surface area contributed by atoms with E-state index in [2.05, 4.69) is 5.32 Å². The number of hydrogen-bond acceptors (Lipinski definition) is 4. The summed E-state index contributed by atoms with van der Waals surface area (Å²) in [5.41, 5.74) is 7.67. The molecule has 0 spiro atoms. The van der Waals surface area contributed by atoms with Crippen LogP contribution in [0.25, 0.3) is 0 Å². The van der Waals surface area contributed by atoms with Gasteiger partial charge in [0.2, 0.25) is 0 Å². The molecule has 0 heterocycles. The summed E-state index contributed by atoms with van der Waals surface area (Å²) in [4.78, 5) is 0.513. The highest BCUT2D eigenvalue weighted by Crippen LogP contribution is 2.24. The van der Waals surface area contributed by atoms with E-state index >= 15 is 0 Å². The van der Waals surface area contributed by atoms with Crippen molar-refractivity contribution >= 4 is 50.0 Å². The Balaban J connectivity index is 2.23. The van der Waals surface area contributed by atoms with E-state index in [0.29, 0.717) is 10.6 Å². The Morgan fingerprint density at radius 2 is 1.71 bits per heavy atom. The van der Waals surface area contributed by atoms with Crippen LogP contribution in [0, 0.1) is 0 Å². The Morgan fingerprint density at radius 1 is 1.14 bits per heavy atom. The predicted molar refractivity (Wildman–Crippen MR) is 90.2 cm³/mol. The molecule has 2 rings (SSSR count). The predicted octanol–water partition coefficient (Wildman–Crippen LogP) is 3.12. The Bertz CT molecular complexity index is 787. The van der Waals surface area contributed by atoms with Gasteiger partial charge in [-0.3, -0.25) is 0 Å². The minimum Gasteiger partial charge on any atom is -0.389 e. The maximum absolute atomic E-state index is 11.4. The highest BCUT2D eigenvalue weighted by Gasteiger charge is 2.07. The fourth-order valence-electron chi connectivity index (χ4n) is 1.74. The molecule has 0 bridgehead atoms. The molecule has 2 aromatic rings. The molecule has 0 saturated heterocycles. The maximum atomic E-state index is 11.4. The number of nitrogens with one attached hydrogen (secondary N) is 1. The van der Waals surface area contributed by atoms with Gasteiger partial charge in [0.1, 0.15) is 4.99 Å². The van der Waals surface area contributed by atoms with E-state index in [1.807, 2.05) is 0 Å². The van der Waals surface area contributed by atoms with Crippen molar-refractivity contribution in [1.29, 1.82) is 0 Å². The number of nitrogens with two attached hydrogens (primary N) is 1. The van der Waals surface area contributed by atoms with Gasteiger partial charge in [0, 0.05) is 23.2 Å². The van der Waals surface area contributed by atoms with Gasteiger partial charge < -0.3 is 11.1 Å². The standard InChI is InChI=1S/C14H13ClN2O2S2/c1-21(18,19)11-5-2-9(3-6-11)17-10-4-7-12(14(16)20)13(15)8-10/h2-8,17H,1H3,(H2,16,20). The molecule has 0 unspecified atom stereocenters. The molecular formula is C14H13ClN2O2S2. The highest BCUT2D eigenvalue weighted by molar-refractivity contribution is 7.90. The van der Waals surface area contributed by atoms with E-state index in [-0.39, 0.29) is 9.88 Å². The zero-order valence-corrected chi connectivity index (χ0v) is 13.5. The molecule has 21 heavy (non-hydrogen) atoms. The summed E-state index contributed by atoms with van der Waals surface area (Å²) in [5.74, 6) is 0. The quantitative estimate of drug-likeness (QED) is 0.837. The van der Waals surface area contributed by atoms with Gasteiger partial charge in [-0.2, -0.15) is 0 Å². The van der Waals surface area contributed by atoms with Crippen molar-refractivity contribution in [3.8, 4) is 0 Å². The molecule has 2 aromatic carbocycles. The van der Waals surface area contributed by atoms with Crippen LogP contribution in [-0.4, -0.2) is 19.7 Å². The first-order chi connectivity index (χ1) is 9.77. The van der Waals surface area contributed by atoms with E-state index in [1.54, 1.807) is 42.5 Å². The van der Waals surface area contributed by atoms with Gasteiger partial charge in [-0.1, -0.05) is 23.8 Å². The fourth-order valence-corrected chi connectivity index (χ4v) is 2.89. The number of hydrogen-bond donors (Lipinski definition) is 2. The summed E-state index contributed by atoms with van der Waals surface area (Å²) in [6.45, 7) is 0.